The van der Waals surface area contributed by atoms with Gasteiger partial charge in [0.25, 0.3) is 0 Å². The molecule has 0 aromatic carbocycles. The van der Waals surface area contributed by atoms with E-state index >= 15 is 0 Å². The molecule has 0 aromatic rings. The molecule has 47 heavy (non-hydrogen) atoms. The molecule has 264 valence electrons. The van der Waals surface area contributed by atoms with Crippen LogP contribution in [0.25, 0.3) is 0 Å². The molecule has 0 radical (unpaired) electrons. The van der Waals surface area contributed by atoms with Crippen LogP contribution in [0.2, 0.25) is 0 Å². The molecule has 5 aliphatic heterocycles. The van der Waals surface area contributed by atoms with Gasteiger partial charge in [-0.25, -0.2) is 0 Å². The normalized spacial score (nSPS) is 51.2. The van der Waals surface area contributed by atoms with Crippen molar-refractivity contribution in [3.8, 4) is 0 Å². The smallest absolute Gasteiger partial charge is 0.309 e. The average molecular weight is 665 g/mol. The first-order chi connectivity index (χ1) is 22.5. The second-order valence-corrected chi connectivity index (χ2v) is 15.0. The number of carbonyl (C=O) groups is 1. The standard InChI is InChI=1S/C35H52O12/c1-17-28(36)24(39-5)14-26(43-17)47-30-18(2)44-33(29(37)31(30)40-6)45-21-11-12-34(3)20(13-21)8-9-22-23(34)10-7-19-15-41-35(4)27(19)25(16-42-35)46-32(22)38/h8,15,17-18,21-31,33,36-37H,7,9-14,16H2,1-6H3/t17-,18+,21+,22+,23-,24-,25+,26-,27-,28-,29+,30+,31+,33-,34+,35-/m0/s1. The summed E-state index contributed by atoms with van der Waals surface area (Å²) in [5.74, 6) is -1.01. The fourth-order valence-corrected chi connectivity index (χ4v) is 9.57. The van der Waals surface area contributed by atoms with E-state index in [1.54, 1.807) is 14.0 Å². The van der Waals surface area contributed by atoms with Crippen LogP contribution in [0.15, 0.2) is 23.5 Å². The van der Waals surface area contributed by atoms with Crippen molar-refractivity contribution in [1.82, 2.24) is 0 Å². The highest BCUT2D eigenvalue weighted by atomic mass is 16.7. The lowest BCUT2D eigenvalue weighted by Crippen LogP contribution is -2.61. The maximum atomic E-state index is 13.6. The summed E-state index contributed by atoms with van der Waals surface area (Å²) in [5, 5.41) is 21.8. The lowest BCUT2D eigenvalue weighted by Gasteiger charge is -2.51. The molecular weight excluding hydrogens is 612 g/mol. The molecule has 1 saturated carbocycles. The average Bonchev–Trinajstić information content (AvgIpc) is 3.56. The SMILES string of the molecule is CO[C@@H]1[C@@H](O)[C@H](O[C@@H]2CC[C@]3(C)C(=CC[C@H]4C(=O)O[C@@H]5CO[C@]6(C)OC=C(CC[C@@H]43)[C@@H]56)C2)O[C@H](C)[C@H]1O[C@H]1C[C@H](OC)[C@@H](O)[C@H](C)O1. The van der Waals surface area contributed by atoms with E-state index in [-0.39, 0.29) is 41.3 Å². The Labute approximate surface area is 276 Å². The van der Waals surface area contributed by atoms with E-state index in [0.29, 0.717) is 25.9 Å². The third-order valence-corrected chi connectivity index (χ3v) is 12.3. The van der Waals surface area contributed by atoms with Crippen LogP contribution >= 0.6 is 0 Å². The summed E-state index contributed by atoms with van der Waals surface area (Å²) >= 11 is 0. The highest BCUT2D eigenvalue weighted by molar-refractivity contribution is 5.74. The van der Waals surface area contributed by atoms with Gasteiger partial charge in [0.15, 0.2) is 12.6 Å². The number of ether oxygens (including phenoxy) is 9. The van der Waals surface area contributed by atoms with Crippen LogP contribution in [-0.2, 0) is 47.4 Å². The second kappa shape index (κ2) is 12.9. The number of fused-ring (bicyclic) bond motifs is 3. The molecule has 4 saturated heterocycles. The monoisotopic (exact) mass is 664 g/mol. The van der Waals surface area contributed by atoms with Crippen molar-refractivity contribution in [2.45, 2.75) is 146 Å². The lowest BCUT2D eigenvalue weighted by molar-refractivity contribution is -0.344. The van der Waals surface area contributed by atoms with Crippen LogP contribution < -0.4 is 0 Å². The van der Waals surface area contributed by atoms with Gasteiger partial charge in [0.1, 0.15) is 30.5 Å². The number of aliphatic hydroxyl groups is 2. The van der Waals surface area contributed by atoms with Gasteiger partial charge >= 0.3 is 5.97 Å². The van der Waals surface area contributed by atoms with Gasteiger partial charge in [-0.3, -0.25) is 4.79 Å². The first-order valence-electron chi connectivity index (χ1n) is 17.4. The number of hydrogen-bond donors (Lipinski definition) is 2. The Hall–Kier alpha value is -1.61. The molecule has 5 fully saturated rings. The van der Waals surface area contributed by atoms with Gasteiger partial charge in [0.2, 0.25) is 5.79 Å². The Morgan fingerprint density at radius 1 is 0.979 bits per heavy atom. The summed E-state index contributed by atoms with van der Waals surface area (Å²) in [5.41, 5.74) is 2.31. The number of rotatable bonds is 6. The molecule has 0 unspecified atom stereocenters. The van der Waals surface area contributed by atoms with E-state index in [1.165, 1.54) is 18.3 Å². The number of methoxy groups -OCH3 is 2. The summed E-state index contributed by atoms with van der Waals surface area (Å²) in [4.78, 5) is 13.6. The quantitative estimate of drug-likeness (QED) is 0.319. The molecule has 5 heterocycles. The van der Waals surface area contributed by atoms with E-state index in [1.807, 2.05) is 20.1 Å². The van der Waals surface area contributed by atoms with Crippen molar-refractivity contribution in [2.24, 2.45) is 23.2 Å². The maximum Gasteiger partial charge on any atom is 0.309 e. The molecule has 7 aliphatic rings. The number of hydrogen-bond acceptors (Lipinski definition) is 12. The Kier molecular flexibility index (Phi) is 9.32. The van der Waals surface area contributed by atoms with Gasteiger partial charge in [-0.1, -0.05) is 18.6 Å². The second-order valence-electron chi connectivity index (χ2n) is 15.0. The number of esters is 1. The summed E-state index contributed by atoms with van der Waals surface area (Å²) < 4.78 is 54.2. The van der Waals surface area contributed by atoms with Crippen LogP contribution in [-0.4, -0.2) is 110 Å². The summed E-state index contributed by atoms with van der Waals surface area (Å²) in [7, 11) is 3.09. The highest BCUT2D eigenvalue weighted by Gasteiger charge is 2.58. The fraction of sp³-hybridized carbons (Fsp3) is 0.857. The van der Waals surface area contributed by atoms with Crippen LogP contribution in [0, 0.1) is 23.2 Å². The van der Waals surface area contributed by atoms with E-state index in [9.17, 15) is 15.0 Å². The molecule has 12 nitrogen and oxygen atoms in total. The van der Waals surface area contributed by atoms with Crippen molar-refractivity contribution in [1.29, 1.82) is 0 Å². The summed E-state index contributed by atoms with van der Waals surface area (Å²) in [6, 6.07) is 0. The third kappa shape index (κ3) is 5.89. The van der Waals surface area contributed by atoms with Crippen molar-refractivity contribution in [2.75, 3.05) is 20.8 Å². The van der Waals surface area contributed by atoms with Gasteiger partial charge in [-0.15, -0.1) is 0 Å². The predicted octanol–water partition coefficient (Wildman–Crippen LogP) is 3.12. The predicted molar refractivity (Wildman–Crippen MR) is 164 cm³/mol. The Morgan fingerprint density at radius 2 is 1.79 bits per heavy atom. The minimum atomic E-state index is -1.09. The Balaban J connectivity index is 1.01. The van der Waals surface area contributed by atoms with Gasteiger partial charge in [-0.2, -0.15) is 0 Å². The highest BCUT2D eigenvalue weighted by Crippen LogP contribution is 2.57. The van der Waals surface area contributed by atoms with Gasteiger partial charge in [0, 0.05) is 27.6 Å². The van der Waals surface area contributed by atoms with E-state index < -0.39 is 61.1 Å². The maximum absolute atomic E-state index is 13.6. The molecule has 12 heteroatoms. The zero-order valence-corrected chi connectivity index (χ0v) is 28.4. The van der Waals surface area contributed by atoms with Crippen LogP contribution in [0.1, 0.15) is 72.6 Å². The Bertz CT molecular complexity index is 1240. The van der Waals surface area contributed by atoms with Gasteiger partial charge < -0.3 is 52.8 Å². The first-order valence-corrected chi connectivity index (χ1v) is 17.4. The topological polar surface area (TPSA) is 141 Å². The molecular formula is C35H52O12. The number of aliphatic hydroxyl groups excluding tert-OH is 2. The summed E-state index contributed by atoms with van der Waals surface area (Å²) in [6.45, 7) is 8.24. The number of allylic oxidation sites excluding steroid dienone is 1. The van der Waals surface area contributed by atoms with Crippen molar-refractivity contribution >= 4 is 5.97 Å². The zero-order chi connectivity index (χ0) is 33.2. The largest absolute Gasteiger partial charge is 0.469 e. The van der Waals surface area contributed by atoms with Crippen molar-refractivity contribution in [3.05, 3.63) is 23.5 Å². The molecule has 0 bridgehead atoms. The van der Waals surface area contributed by atoms with E-state index in [2.05, 4.69) is 13.0 Å². The van der Waals surface area contributed by atoms with Crippen LogP contribution in [0.3, 0.4) is 0 Å². The first kappa shape index (κ1) is 33.9. The minimum Gasteiger partial charge on any atom is -0.469 e. The molecule has 0 spiro atoms. The molecule has 2 N–H and O–H groups in total. The van der Waals surface area contributed by atoms with Crippen molar-refractivity contribution < 1.29 is 57.6 Å². The molecule has 7 rings (SSSR count). The third-order valence-electron chi connectivity index (χ3n) is 12.3. The molecule has 2 aliphatic carbocycles. The minimum absolute atomic E-state index is 0.0601. The molecule has 16 atom stereocenters. The molecule has 0 aromatic heterocycles. The lowest BCUT2D eigenvalue weighted by atomic mass is 9.55. The van der Waals surface area contributed by atoms with E-state index in [4.69, 9.17) is 42.6 Å². The Morgan fingerprint density at radius 3 is 2.55 bits per heavy atom. The zero-order valence-electron chi connectivity index (χ0n) is 28.4. The van der Waals surface area contributed by atoms with Crippen molar-refractivity contribution in [3.63, 3.8) is 0 Å². The fourth-order valence-electron chi connectivity index (χ4n) is 9.57. The number of carbonyl (C=O) groups excluding carboxylic acids is 1. The molecule has 0 amide bonds. The summed E-state index contributed by atoms with van der Waals surface area (Å²) in [6.07, 6.45) is 2.49. The van der Waals surface area contributed by atoms with Crippen LogP contribution in [0.4, 0.5) is 0 Å². The van der Waals surface area contributed by atoms with Crippen LogP contribution in [0.5, 0.6) is 0 Å². The van der Waals surface area contributed by atoms with Gasteiger partial charge in [-0.05, 0) is 69.3 Å². The van der Waals surface area contributed by atoms with E-state index in [0.717, 1.165) is 25.7 Å². The van der Waals surface area contributed by atoms with Gasteiger partial charge in [0.05, 0.1) is 49.1 Å².